The number of phosphoric acid groups is 1. The minimum Gasteiger partial charge on any atom is -0.456 e. The third-order valence-electron chi connectivity index (χ3n) is 11.3. The van der Waals surface area contributed by atoms with Gasteiger partial charge in [-0.2, -0.15) is 0 Å². The van der Waals surface area contributed by atoms with E-state index >= 15 is 0 Å². The molecule has 10 heteroatoms. The summed E-state index contributed by atoms with van der Waals surface area (Å²) in [6.45, 7) is 6.73. The number of likely N-dealkylation sites (N-methyl/N-ethyl adjacent to an activating group) is 1. The van der Waals surface area contributed by atoms with Crippen molar-refractivity contribution in [3.05, 3.63) is 85.1 Å². The van der Waals surface area contributed by atoms with Crippen LogP contribution in [0.3, 0.4) is 0 Å². The molecule has 0 aromatic rings. The number of hydrogen-bond donors (Lipinski definition) is 2. The first-order chi connectivity index (χ1) is 32.4. The minimum absolute atomic E-state index is 0.0297. The number of esters is 1. The second-order valence-electron chi connectivity index (χ2n) is 19.0. The molecular weight excluding hydrogens is 856 g/mol. The van der Waals surface area contributed by atoms with E-state index < -0.39 is 20.0 Å². The molecule has 1 amide bonds. The lowest BCUT2D eigenvalue weighted by molar-refractivity contribution is -0.870. The van der Waals surface area contributed by atoms with Crippen molar-refractivity contribution in [2.45, 2.75) is 226 Å². The molecule has 3 unspecified atom stereocenters. The maximum atomic E-state index is 13.5. The summed E-state index contributed by atoms with van der Waals surface area (Å²) in [5, 5.41) is 3.02. The normalized spacial score (nSPS) is 14.6. The van der Waals surface area contributed by atoms with Crippen molar-refractivity contribution in [1.29, 1.82) is 0 Å². The molecular formula is C57H102N2O7P+. The molecule has 0 saturated carbocycles. The van der Waals surface area contributed by atoms with Crippen LogP contribution < -0.4 is 5.32 Å². The number of nitrogens with zero attached hydrogens (tertiary/aromatic N) is 1. The largest absolute Gasteiger partial charge is 0.472 e. The Kier molecular flexibility index (Phi) is 44.9. The monoisotopic (exact) mass is 958 g/mol. The molecule has 67 heavy (non-hydrogen) atoms. The van der Waals surface area contributed by atoms with Gasteiger partial charge in [-0.1, -0.05) is 190 Å². The van der Waals surface area contributed by atoms with Gasteiger partial charge in [-0.15, -0.1) is 0 Å². The first kappa shape index (κ1) is 64.2. The van der Waals surface area contributed by atoms with Gasteiger partial charge in [-0.25, -0.2) is 4.57 Å². The fourth-order valence-corrected chi connectivity index (χ4v) is 7.94. The zero-order valence-corrected chi connectivity index (χ0v) is 44.8. The van der Waals surface area contributed by atoms with Crippen LogP contribution in [0.2, 0.25) is 0 Å². The molecule has 0 bridgehead atoms. The van der Waals surface area contributed by atoms with Crippen LogP contribution in [0.25, 0.3) is 0 Å². The van der Waals surface area contributed by atoms with Crippen molar-refractivity contribution in [2.75, 3.05) is 40.9 Å². The average molecular weight is 958 g/mol. The highest BCUT2D eigenvalue weighted by molar-refractivity contribution is 7.47. The number of nitrogens with one attached hydrogen (secondary N) is 1. The second kappa shape index (κ2) is 46.9. The third kappa shape index (κ3) is 48.0. The molecule has 0 aliphatic heterocycles. The van der Waals surface area contributed by atoms with E-state index in [4.69, 9.17) is 13.8 Å². The van der Waals surface area contributed by atoms with E-state index in [0.29, 0.717) is 23.9 Å². The van der Waals surface area contributed by atoms with E-state index in [0.717, 1.165) is 128 Å². The van der Waals surface area contributed by atoms with Gasteiger partial charge in [0.25, 0.3) is 0 Å². The van der Waals surface area contributed by atoms with Gasteiger partial charge in [-0.05, 0) is 96.0 Å². The minimum atomic E-state index is -4.45. The van der Waals surface area contributed by atoms with Crippen LogP contribution in [0, 0.1) is 0 Å². The van der Waals surface area contributed by atoms with E-state index in [1.165, 1.54) is 44.9 Å². The Bertz CT molecular complexity index is 1430. The number of rotatable bonds is 47. The molecule has 9 nitrogen and oxygen atoms in total. The van der Waals surface area contributed by atoms with Crippen molar-refractivity contribution in [2.24, 2.45) is 0 Å². The lowest BCUT2D eigenvalue weighted by Crippen LogP contribution is -2.47. The van der Waals surface area contributed by atoms with Crippen LogP contribution >= 0.6 is 7.82 Å². The molecule has 3 atom stereocenters. The van der Waals surface area contributed by atoms with Gasteiger partial charge in [0, 0.05) is 12.8 Å². The highest BCUT2D eigenvalue weighted by atomic mass is 31.2. The number of amides is 1. The Balaban J connectivity index is 5.44. The number of phosphoric ester groups is 1. The molecule has 0 aliphatic rings. The highest BCUT2D eigenvalue weighted by Gasteiger charge is 2.30. The maximum absolute atomic E-state index is 13.5. The van der Waals surface area contributed by atoms with E-state index in [1.54, 1.807) is 0 Å². The van der Waals surface area contributed by atoms with Gasteiger partial charge in [0.15, 0.2) is 0 Å². The summed E-state index contributed by atoms with van der Waals surface area (Å²) in [5.41, 5.74) is 0. The van der Waals surface area contributed by atoms with Gasteiger partial charge < -0.3 is 19.4 Å². The summed E-state index contributed by atoms with van der Waals surface area (Å²) in [4.78, 5) is 37.5. The number of carbonyl (C=O) groups excluding carboxylic acids is 2. The summed E-state index contributed by atoms with van der Waals surface area (Å²) in [5.74, 6) is -0.554. The molecule has 0 radical (unpaired) electrons. The first-order valence-electron chi connectivity index (χ1n) is 26.9. The molecule has 0 heterocycles. The first-order valence-corrected chi connectivity index (χ1v) is 28.4. The highest BCUT2D eigenvalue weighted by Crippen LogP contribution is 2.43. The number of allylic oxidation sites excluding steroid dienone is 13. The number of carbonyl (C=O) groups is 2. The quantitative estimate of drug-likeness (QED) is 0.0205. The van der Waals surface area contributed by atoms with E-state index in [9.17, 15) is 19.0 Å². The third-order valence-corrected chi connectivity index (χ3v) is 12.3. The van der Waals surface area contributed by atoms with E-state index in [1.807, 2.05) is 33.3 Å². The Hall–Kier alpha value is -2.81. The van der Waals surface area contributed by atoms with Gasteiger partial charge in [-0.3, -0.25) is 18.6 Å². The van der Waals surface area contributed by atoms with Crippen LogP contribution in [0.4, 0.5) is 0 Å². The van der Waals surface area contributed by atoms with Crippen LogP contribution in [0.5, 0.6) is 0 Å². The number of unbranched alkanes of at least 4 members (excludes halogenated alkanes) is 19. The van der Waals surface area contributed by atoms with Crippen LogP contribution in [0.15, 0.2) is 85.1 Å². The molecule has 0 aromatic carbocycles. The van der Waals surface area contributed by atoms with Crippen LogP contribution in [0.1, 0.15) is 213 Å². The van der Waals surface area contributed by atoms with Gasteiger partial charge in [0.2, 0.25) is 5.91 Å². The smallest absolute Gasteiger partial charge is 0.456 e. The summed E-state index contributed by atoms with van der Waals surface area (Å²) in [6, 6.07) is -0.867. The molecule has 386 valence electrons. The predicted molar refractivity (Wildman–Crippen MR) is 286 cm³/mol. The Labute approximate surface area is 412 Å². The van der Waals surface area contributed by atoms with Gasteiger partial charge in [0.05, 0.1) is 33.8 Å². The van der Waals surface area contributed by atoms with Gasteiger partial charge >= 0.3 is 13.8 Å². The number of hydrogen-bond acceptors (Lipinski definition) is 6. The van der Waals surface area contributed by atoms with Crippen molar-refractivity contribution in [3.63, 3.8) is 0 Å². The van der Waals surface area contributed by atoms with E-state index in [-0.39, 0.29) is 31.5 Å². The maximum Gasteiger partial charge on any atom is 0.472 e. The van der Waals surface area contributed by atoms with Crippen molar-refractivity contribution >= 4 is 19.7 Å². The lowest BCUT2D eigenvalue weighted by Gasteiger charge is -2.27. The van der Waals surface area contributed by atoms with E-state index in [2.05, 4.69) is 99.0 Å². The molecule has 0 rings (SSSR count). The zero-order chi connectivity index (χ0) is 49.4. The van der Waals surface area contributed by atoms with Crippen LogP contribution in [-0.2, 0) is 27.9 Å². The van der Waals surface area contributed by atoms with Gasteiger partial charge in [0.1, 0.15) is 19.3 Å². The second-order valence-corrected chi connectivity index (χ2v) is 20.4. The molecule has 0 aliphatic carbocycles. The van der Waals surface area contributed by atoms with Crippen molar-refractivity contribution < 1.29 is 37.3 Å². The Morgan fingerprint density at radius 3 is 1.43 bits per heavy atom. The summed E-state index contributed by atoms with van der Waals surface area (Å²) in [6.07, 6.45) is 60.1. The summed E-state index contributed by atoms with van der Waals surface area (Å²) < 4.78 is 30.5. The molecule has 0 spiro atoms. The topological polar surface area (TPSA) is 111 Å². The fraction of sp³-hybridized carbons (Fsp3) is 0.719. The summed E-state index contributed by atoms with van der Waals surface area (Å²) >= 11 is 0. The lowest BCUT2D eigenvalue weighted by atomic mass is 10.1. The molecule has 0 saturated heterocycles. The average Bonchev–Trinajstić information content (AvgIpc) is 3.28. The fourth-order valence-electron chi connectivity index (χ4n) is 7.20. The molecule has 0 aromatic heterocycles. The van der Waals surface area contributed by atoms with Crippen LogP contribution in [-0.4, -0.2) is 74.3 Å². The summed E-state index contributed by atoms with van der Waals surface area (Å²) in [7, 11) is 1.46. The zero-order valence-electron chi connectivity index (χ0n) is 43.9. The molecule has 2 N–H and O–H groups in total. The van der Waals surface area contributed by atoms with Crippen molar-refractivity contribution in [1.82, 2.24) is 5.32 Å². The Morgan fingerprint density at radius 1 is 0.537 bits per heavy atom. The number of ether oxygens (including phenoxy) is 1. The molecule has 0 fully saturated rings. The Morgan fingerprint density at radius 2 is 0.955 bits per heavy atom. The SMILES string of the molecule is CC/C=C/C/C=C/C/C=C/CCCCCCCCC(=O)NC(COP(=O)(O)OCC[N+](C)(C)C)C(/C=C/CCCCCCCCCCC)OC(=O)CCCCCC/C=C/C/C=C/C/C=C/CC. The standard InChI is InChI=1S/C57H101N2O7P/c1-7-10-13-16-19-22-25-27-29-30-31-34-37-40-43-46-49-56(60)58-54(53-65-67(62,63)64-52-51-59(4,5)6)55(48-45-42-39-36-33-24-21-18-15-12-9-3)66-57(61)50-47-44-41-38-35-32-28-26-23-20-17-14-11-8-2/h10-11,13-14,19-20,22-23,27-29,32,45,48,54-55H,7-9,12,15-18,21,24-26,30-31,33-44,46-47,49-53H2,1-6H3,(H-,58,60,62,63)/p+1/b13-10+,14-11+,22-19+,23-20+,29-27+,32-28+,48-45+. The predicted octanol–water partition coefficient (Wildman–Crippen LogP) is 15.9. The van der Waals surface area contributed by atoms with Crippen molar-refractivity contribution in [3.8, 4) is 0 Å². The number of quaternary nitrogens is 1.